The molecule has 3 aromatic rings. The highest BCUT2D eigenvalue weighted by Gasteiger charge is 2.15. The third-order valence-electron chi connectivity index (χ3n) is 2.57. The first kappa shape index (κ1) is 11.3. The van der Waals surface area contributed by atoms with Gasteiger partial charge in [0.05, 0.1) is 11.9 Å². The minimum absolute atomic E-state index is 0.271. The van der Waals surface area contributed by atoms with Crippen LogP contribution in [0.4, 0.5) is 5.82 Å². The number of aromatic nitrogens is 4. The second-order valence-corrected chi connectivity index (χ2v) is 4.02. The molecule has 6 heteroatoms. The summed E-state index contributed by atoms with van der Waals surface area (Å²) in [5.41, 5.74) is 7.77. The molecule has 0 unspecified atom stereocenters. The SMILES string of the molecule is Cc1cnc(N)c(-c2nnc(-c3ccccc3)o2)n1. The molecule has 3 rings (SSSR count). The van der Waals surface area contributed by atoms with Crippen LogP contribution in [0.1, 0.15) is 5.69 Å². The van der Waals surface area contributed by atoms with Gasteiger partial charge in [-0.1, -0.05) is 18.2 Å². The Morgan fingerprint density at radius 2 is 1.79 bits per heavy atom. The van der Waals surface area contributed by atoms with Crippen LogP contribution in [0.2, 0.25) is 0 Å². The summed E-state index contributed by atoms with van der Waals surface area (Å²) in [6.45, 7) is 1.82. The van der Waals surface area contributed by atoms with Gasteiger partial charge in [-0.15, -0.1) is 10.2 Å². The van der Waals surface area contributed by atoms with E-state index in [-0.39, 0.29) is 11.7 Å². The molecule has 94 valence electrons. The first-order chi connectivity index (χ1) is 9.24. The van der Waals surface area contributed by atoms with Crippen LogP contribution >= 0.6 is 0 Å². The second-order valence-electron chi connectivity index (χ2n) is 4.02. The second kappa shape index (κ2) is 4.49. The zero-order valence-electron chi connectivity index (χ0n) is 10.2. The molecule has 0 aliphatic heterocycles. The Hall–Kier alpha value is -2.76. The number of aryl methyl sites for hydroxylation is 1. The fraction of sp³-hybridized carbons (Fsp3) is 0.0769. The van der Waals surface area contributed by atoms with E-state index in [1.165, 1.54) is 0 Å². The first-order valence-electron chi connectivity index (χ1n) is 5.72. The van der Waals surface area contributed by atoms with Crippen molar-refractivity contribution in [3.63, 3.8) is 0 Å². The summed E-state index contributed by atoms with van der Waals surface area (Å²) in [6.07, 6.45) is 1.59. The van der Waals surface area contributed by atoms with Gasteiger partial charge in [0.1, 0.15) is 0 Å². The topological polar surface area (TPSA) is 90.7 Å². The van der Waals surface area contributed by atoms with Crippen molar-refractivity contribution in [3.05, 3.63) is 42.2 Å². The van der Waals surface area contributed by atoms with Gasteiger partial charge in [-0.3, -0.25) is 0 Å². The molecule has 6 nitrogen and oxygen atoms in total. The van der Waals surface area contributed by atoms with Crippen LogP contribution < -0.4 is 5.73 Å². The first-order valence-corrected chi connectivity index (χ1v) is 5.72. The number of rotatable bonds is 2. The Balaban J connectivity index is 2.04. The molecular formula is C13H11N5O. The Morgan fingerprint density at radius 1 is 1.05 bits per heavy atom. The molecule has 0 radical (unpaired) electrons. The Labute approximate surface area is 109 Å². The lowest BCUT2D eigenvalue weighted by Gasteiger charge is -1.99. The largest absolute Gasteiger partial charge is 0.414 e. The van der Waals surface area contributed by atoms with Crippen LogP contribution in [0.15, 0.2) is 40.9 Å². The van der Waals surface area contributed by atoms with Gasteiger partial charge in [0, 0.05) is 5.56 Å². The normalized spacial score (nSPS) is 10.6. The Bertz CT molecular complexity index is 708. The van der Waals surface area contributed by atoms with Crippen molar-refractivity contribution in [2.24, 2.45) is 0 Å². The van der Waals surface area contributed by atoms with Crippen molar-refractivity contribution in [1.29, 1.82) is 0 Å². The van der Waals surface area contributed by atoms with Gasteiger partial charge in [0.15, 0.2) is 11.5 Å². The van der Waals surface area contributed by atoms with Crippen LogP contribution in [0.25, 0.3) is 23.0 Å². The van der Waals surface area contributed by atoms with E-state index >= 15 is 0 Å². The third kappa shape index (κ3) is 2.15. The highest BCUT2D eigenvalue weighted by molar-refractivity contribution is 5.63. The molecular weight excluding hydrogens is 242 g/mol. The summed E-state index contributed by atoms with van der Waals surface area (Å²) >= 11 is 0. The van der Waals surface area contributed by atoms with Crippen molar-refractivity contribution >= 4 is 5.82 Å². The van der Waals surface area contributed by atoms with Gasteiger partial charge in [0.2, 0.25) is 5.89 Å². The molecule has 0 spiro atoms. The number of benzene rings is 1. The van der Waals surface area contributed by atoms with E-state index in [4.69, 9.17) is 10.2 Å². The molecule has 2 heterocycles. The zero-order chi connectivity index (χ0) is 13.2. The van der Waals surface area contributed by atoms with E-state index in [2.05, 4.69) is 20.2 Å². The minimum Gasteiger partial charge on any atom is -0.414 e. The van der Waals surface area contributed by atoms with Gasteiger partial charge in [-0.05, 0) is 19.1 Å². The van der Waals surface area contributed by atoms with E-state index in [1.807, 2.05) is 37.3 Å². The van der Waals surface area contributed by atoms with Crippen LogP contribution in [-0.2, 0) is 0 Å². The quantitative estimate of drug-likeness (QED) is 0.751. The Morgan fingerprint density at radius 3 is 2.58 bits per heavy atom. The monoisotopic (exact) mass is 253 g/mol. The predicted molar refractivity (Wildman–Crippen MR) is 69.9 cm³/mol. The number of hydrogen-bond donors (Lipinski definition) is 1. The van der Waals surface area contributed by atoms with E-state index in [9.17, 15) is 0 Å². The maximum atomic E-state index is 5.77. The van der Waals surface area contributed by atoms with E-state index in [0.29, 0.717) is 11.6 Å². The van der Waals surface area contributed by atoms with E-state index in [0.717, 1.165) is 11.3 Å². The summed E-state index contributed by atoms with van der Waals surface area (Å²) in [6, 6.07) is 9.51. The maximum Gasteiger partial charge on any atom is 0.270 e. The summed E-state index contributed by atoms with van der Waals surface area (Å²) in [7, 11) is 0. The van der Waals surface area contributed by atoms with Gasteiger partial charge in [0.25, 0.3) is 5.89 Å². The van der Waals surface area contributed by atoms with Crippen LogP contribution in [-0.4, -0.2) is 20.2 Å². The molecule has 0 saturated heterocycles. The number of hydrogen-bond acceptors (Lipinski definition) is 6. The molecule has 0 saturated carbocycles. The van der Waals surface area contributed by atoms with Crippen molar-refractivity contribution < 1.29 is 4.42 Å². The number of anilines is 1. The molecule has 19 heavy (non-hydrogen) atoms. The number of nitrogens with zero attached hydrogens (tertiary/aromatic N) is 4. The number of nitrogen functional groups attached to an aromatic ring is 1. The van der Waals surface area contributed by atoms with E-state index in [1.54, 1.807) is 6.20 Å². The molecule has 0 fully saturated rings. The Kier molecular flexibility index (Phi) is 2.68. The van der Waals surface area contributed by atoms with E-state index < -0.39 is 0 Å². The fourth-order valence-electron chi connectivity index (χ4n) is 1.66. The lowest BCUT2D eigenvalue weighted by Crippen LogP contribution is -1.98. The maximum absolute atomic E-state index is 5.77. The zero-order valence-corrected chi connectivity index (χ0v) is 10.2. The molecule has 0 aliphatic carbocycles. The smallest absolute Gasteiger partial charge is 0.270 e. The highest BCUT2D eigenvalue weighted by atomic mass is 16.4. The van der Waals surface area contributed by atoms with Gasteiger partial charge >= 0.3 is 0 Å². The van der Waals surface area contributed by atoms with Crippen LogP contribution in [0, 0.1) is 6.92 Å². The van der Waals surface area contributed by atoms with Crippen LogP contribution in [0.5, 0.6) is 0 Å². The third-order valence-corrected chi connectivity index (χ3v) is 2.57. The molecule has 2 aromatic heterocycles. The number of nitrogens with two attached hydrogens (primary N) is 1. The molecule has 2 N–H and O–H groups in total. The standard InChI is InChI=1S/C13H11N5O/c1-8-7-15-11(14)10(16-8)13-18-17-12(19-13)9-5-3-2-4-6-9/h2-7H,1H3,(H2,14,15). The fourth-order valence-corrected chi connectivity index (χ4v) is 1.66. The van der Waals surface area contributed by atoms with Gasteiger partial charge in [-0.2, -0.15) is 0 Å². The van der Waals surface area contributed by atoms with Gasteiger partial charge < -0.3 is 10.2 Å². The lowest BCUT2D eigenvalue weighted by molar-refractivity contribution is 0.582. The van der Waals surface area contributed by atoms with Crippen molar-refractivity contribution in [3.8, 4) is 23.0 Å². The minimum atomic E-state index is 0.271. The molecule has 0 atom stereocenters. The molecule has 0 amide bonds. The summed E-state index contributed by atoms with van der Waals surface area (Å²) in [5.74, 6) is 0.972. The van der Waals surface area contributed by atoms with Crippen molar-refractivity contribution in [1.82, 2.24) is 20.2 Å². The average Bonchev–Trinajstić information content (AvgIpc) is 2.92. The molecule has 0 bridgehead atoms. The van der Waals surface area contributed by atoms with Gasteiger partial charge in [-0.25, -0.2) is 9.97 Å². The molecule has 0 aliphatic rings. The average molecular weight is 253 g/mol. The van der Waals surface area contributed by atoms with Crippen molar-refractivity contribution in [2.45, 2.75) is 6.92 Å². The summed E-state index contributed by atoms with van der Waals surface area (Å²) in [4.78, 5) is 8.29. The van der Waals surface area contributed by atoms with Crippen LogP contribution in [0.3, 0.4) is 0 Å². The predicted octanol–water partition coefficient (Wildman–Crippen LogP) is 2.08. The highest BCUT2D eigenvalue weighted by Crippen LogP contribution is 2.24. The summed E-state index contributed by atoms with van der Waals surface area (Å²) < 4.78 is 5.59. The molecule has 1 aromatic carbocycles. The summed E-state index contributed by atoms with van der Waals surface area (Å²) in [5, 5.41) is 7.96. The lowest BCUT2D eigenvalue weighted by atomic mass is 10.2. The van der Waals surface area contributed by atoms with Crippen molar-refractivity contribution in [2.75, 3.05) is 5.73 Å².